The molecule has 5 heteroatoms. The Hall–Kier alpha value is -4.25. The van der Waals surface area contributed by atoms with Crippen LogP contribution in [-0.4, -0.2) is 17.6 Å². The normalized spacial score (nSPS) is 10.8. The molecule has 1 aromatic heterocycles. The van der Waals surface area contributed by atoms with Gasteiger partial charge in [-0.05, 0) is 17.2 Å². The molecule has 0 spiro atoms. The zero-order valence-corrected chi connectivity index (χ0v) is 16.6. The predicted molar refractivity (Wildman–Crippen MR) is 119 cm³/mol. The Morgan fingerprint density at radius 1 is 0.839 bits per heavy atom. The minimum atomic E-state index is -0.856. The largest absolute Gasteiger partial charge is 0.457 e. The van der Waals surface area contributed by atoms with Crippen molar-refractivity contribution in [2.75, 3.05) is 6.61 Å². The van der Waals surface area contributed by atoms with Gasteiger partial charge in [0.05, 0.1) is 5.56 Å². The van der Waals surface area contributed by atoms with Gasteiger partial charge in [0.15, 0.2) is 5.69 Å². The van der Waals surface area contributed by atoms with Crippen LogP contribution in [0.4, 0.5) is 0 Å². The number of rotatable bonds is 6. The summed E-state index contributed by atoms with van der Waals surface area (Å²) in [5, 5.41) is 0. The number of nitrogens with zero attached hydrogens (tertiary/aromatic N) is 1. The van der Waals surface area contributed by atoms with E-state index in [-0.39, 0.29) is 18.1 Å². The van der Waals surface area contributed by atoms with E-state index in [1.165, 1.54) is 0 Å². The van der Waals surface area contributed by atoms with Gasteiger partial charge < -0.3 is 9.15 Å². The first-order chi connectivity index (χ1) is 15.2. The molecule has 0 saturated carbocycles. The number of aromatic nitrogens is 1. The maximum absolute atomic E-state index is 12.9. The van der Waals surface area contributed by atoms with Crippen molar-refractivity contribution in [2.45, 2.75) is 0 Å². The Labute approximate surface area is 179 Å². The molecule has 0 aliphatic rings. The van der Waals surface area contributed by atoms with Gasteiger partial charge in [-0.25, -0.2) is 9.59 Å². The van der Waals surface area contributed by atoms with Crippen LogP contribution in [0.25, 0.3) is 28.5 Å². The van der Waals surface area contributed by atoms with E-state index < -0.39 is 11.7 Å². The molecular weight excluding hydrogens is 390 g/mol. The van der Waals surface area contributed by atoms with E-state index in [2.05, 4.69) is 4.98 Å². The summed E-state index contributed by atoms with van der Waals surface area (Å²) >= 11 is 0. The molecule has 152 valence electrons. The van der Waals surface area contributed by atoms with Crippen LogP contribution in [0.15, 0.2) is 106 Å². The maximum Gasteiger partial charge on any atom is 0.439 e. The highest BCUT2D eigenvalue weighted by Crippen LogP contribution is 2.33. The maximum atomic E-state index is 12.9. The van der Waals surface area contributed by atoms with E-state index in [1.807, 2.05) is 97.1 Å². The Kier molecular flexibility index (Phi) is 6.14. The van der Waals surface area contributed by atoms with E-state index in [4.69, 9.17) is 9.15 Å². The second kappa shape index (κ2) is 9.50. The molecule has 3 aromatic carbocycles. The molecular formula is C26H19NO4. The molecule has 1 heterocycles. The second-order valence-electron chi connectivity index (χ2n) is 6.68. The van der Waals surface area contributed by atoms with Crippen molar-refractivity contribution < 1.29 is 13.9 Å². The van der Waals surface area contributed by atoms with Crippen LogP contribution in [0.5, 0.6) is 0 Å². The number of hydrogen-bond donors (Lipinski definition) is 0. The number of benzene rings is 3. The van der Waals surface area contributed by atoms with Crippen LogP contribution in [0.3, 0.4) is 0 Å². The molecule has 0 amide bonds. The van der Waals surface area contributed by atoms with E-state index in [0.29, 0.717) is 16.7 Å². The third-order valence-electron chi connectivity index (χ3n) is 4.57. The van der Waals surface area contributed by atoms with Crippen molar-refractivity contribution in [1.29, 1.82) is 0 Å². The van der Waals surface area contributed by atoms with Gasteiger partial charge in [-0.2, -0.15) is 4.98 Å². The summed E-state index contributed by atoms with van der Waals surface area (Å²) in [5.74, 6) is -1.27. The smallest absolute Gasteiger partial charge is 0.439 e. The topological polar surface area (TPSA) is 69.4 Å². The molecule has 4 aromatic rings. The lowest BCUT2D eigenvalue weighted by molar-refractivity contribution is 0.0542. The monoisotopic (exact) mass is 409 g/mol. The highest BCUT2D eigenvalue weighted by Gasteiger charge is 2.23. The second-order valence-corrected chi connectivity index (χ2v) is 6.68. The predicted octanol–water partition coefficient (Wildman–Crippen LogP) is 5.24. The molecule has 0 aliphatic carbocycles. The van der Waals surface area contributed by atoms with Crippen molar-refractivity contribution in [3.63, 3.8) is 0 Å². The quantitative estimate of drug-likeness (QED) is 0.408. The fraction of sp³-hybridized carbons (Fsp3) is 0.0385. The summed E-state index contributed by atoms with van der Waals surface area (Å²) in [6.45, 7) is 0.0462. The molecule has 0 aliphatic heterocycles. The van der Waals surface area contributed by atoms with E-state index in [9.17, 15) is 9.59 Å². The average Bonchev–Trinajstić information content (AvgIpc) is 2.83. The van der Waals surface area contributed by atoms with Crippen molar-refractivity contribution in [3.05, 3.63) is 119 Å². The number of ether oxygens (including phenoxy) is 1. The summed E-state index contributed by atoms with van der Waals surface area (Å²) < 4.78 is 10.8. The van der Waals surface area contributed by atoms with Crippen molar-refractivity contribution in [2.24, 2.45) is 0 Å². The van der Waals surface area contributed by atoms with Crippen molar-refractivity contribution >= 4 is 12.0 Å². The van der Waals surface area contributed by atoms with Gasteiger partial charge in [0.25, 0.3) is 0 Å². The lowest BCUT2D eigenvalue weighted by Crippen LogP contribution is -2.17. The fourth-order valence-corrected chi connectivity index (χ4v) is 3.17. The SMILES string of the molecule is O=C(OCC=Cc1ccccc1)c1nc(=O)oc(-c2ccccc2)c1-c1ccccc1. The minimum Gasteiger partial charge on any atom is -0.457 e. The summed E-state index contributed by atoms with van der Waals surface area (Å²) in [6, 6.07) is 28.0. The van der Waals surface area contributed by atoms with Gasteiger partial charge in [-0.3, -0.25) is 0 Å². The van der Waals surface area contributed by atoms with Gasteiger partial charge in [-0.15, -0.1) is 0 Å². The summed E-state index contributed by atoms with van der Waals surface area (Å²) in [4.78, 5) is 28.9. The zero-order valence-electron chi connectivity index (χ0n) is 16.6. The highest BCUT2D eigenvalue weighted by atomic mass is 16.5. The van der Waals surface area contributed by atoms with E-state index in [0.717, 1.165) is 5.56 Å². The standard InChI is InChI=1S/C26H19NO4/c28-25(30-18-10-13-19-11-4-1-5-12-19)23-22(20-14-6-2-7-15-20)24(31-26(29)27-23)21-16-8-3-9-17-21/h1-17H,18H2. The Bertz CT molecular complexity index is 1250. The van der Waals surface area contributed by atoms with Crippen LogP contribution in [0.1, 0.15) is 16.1 Å². The summed E-state index contributed by atoms with van der Waals surface area (Å²) in [5.41, 5.74) is 2.70. The van der Waals surface area contributed by atoms with Gasteiger partial charge >= 0.3 is 11.7 Å². The first kappa shape index (κ1) is 20.0. The molecule has 5 nitrogen and oxygen atoms in total. The average molecular weight is 409 g/mol. The first-order valence-corrected chi connectivity index (χ1v) is 9.77. The zero-order chi connectivity index (χ0) is 21.5. The van der Waals surface area contributed by atoms with E-state index >= 15 is 0 Å². The van der Waals surface area contributed by atoms with Crippen LogP contribution in [0.2, 0.25) is 0 Å². The van der Waals surface area contributed by atoms with E-state index in [1.54, 1.807) is 6.08 Å². The molecule has 31 heavy (non-hydrogen) atoms. The molecule has 0 radical (unpaired) electrons. The lowest BCUT2D eigenvalue weighted by atomic mass is 9.98. The van der Waals surface area contributed by atoms with Crippen molar-refractivity contribution in [3.8, 4) is 22.5 Å². The number of hydrogen-bond acceptors (Lipinski definition) is 5. The Balaban J connectivity index is 1.69. The van der Waals surface area contributed by atoms with Crippen LogP contribution in [0, 0.1) is 0 Å². The lowest BCUT2D eigenvalue weighted by Gasteiger charge is -2.12. The van der Waals surface area contributed by atoms with Gasteiger partial charge in [0.1, 0.15) is 12.4 Å². The Morgan fingerprint density at radius 3 is 2.06 bits per heavy atom. The summed E-state index contributed by atoms with van der Waals surface area (Å²) in [6.07, 6.45) is 3.59. The molecule has 4 rings (SSSR count). The van der Waals surface area contributed by atoms with Gasteiger partial charge in [-0.1, -0.05) is 97.1 Å². The fourth-order valence-electron chi connectivity index (χ4n) is 3.17. The third kappa shape index (κ3) is 4.85. The highest BCUT2D eigenvalue weighted by molar-refractivity contribution is 5.99. The molecule has 0 N–H and O–H groups in total. The first-order valence-electron chi connectivity index (χ1n) is 9.77. The van der Waals surface area contributed by atoms with Crippen LogP contribution in [-0.2, 0) is 4.74 Å². The number of carbonyl (C=O) groups excluding carboxylic acids is 1. The molecule has 0 bridgehead atoms. The Morgan fingerprint density at radius 2 is 1.42 bits per heavy atom. The molecule has 0 unspecified atom stereocenters. The molecule has 0 saturated heterocycles. The number of carbonyl (C=O) groups is 1. The minimum absolute atomic E-state index is 0.0462. The number of esters is 1. The van der Waals surface area contributed by atoms with Crippen LogP contribution >= 0.6 is 0 Å². The van der Waals surface area contributed by atoms with Crippen molar-refractivity contribution in [1.82, 2.24) is 4.98 Å². The molecule has 0 fully saturated rings. The van der Waals surface area contributed by atoms with Gasteiger partial charge in [0, 0.05) is 5.56 Å². The van der Waals surface area contributed by atoms with Crippen LogP contribution < -0.4 is 5.76 Å². The third-order valence-corrected chi connectivity index (χ3v) is 4.57. The molecule has 0 atom stereocenters. The summed E-state index contributed by atoms with van der Waals surface area (Å²) in [7, 11) is 0. The van der Waals surface area contributed by atoms with Gasteiger partial charge in [0.2, 0.25) is 0 Å².